The van der Waals surface area contributed by atoms with Gasteiger partial charge in [0.05, 0.1) is 24.7 Å². The lowest BCUT2D eigenvalue weighted by atomic mass is 10.1. The zero-order chi connectivity index (χ0) is 29.4. The van der Waals surface area contributed by atoms with Gasteiger partial charge < -0.3 is 20.1 Å². The Bertz CT molecular complexity index is 1370. The molecule has 1 aliphatic rings. The highest BCUT2D eigenvalue weighted by Gasteiger charge is 2.29. The van der Waals surface area contributed by atoms with Crippen molar-refractivity contribution in [3.8, 4) is 5.75 Å². The molecular formula is C27H33F2N5O5S. The van der Waals surface area contributed by atoms with Crippen molar-refractivity contribution in [2.45, 2.75) is 32.8 Å². The minimum absolute atomic E-state index is 0.0334. The van der Waals surface area contributed by atoms with Gasteiger partial charge in [-0.3, -0.25) is 19.9 Å². The first kappa shape index (κ1) is 30.5. The Morgan fingerprint density at radius 1 is 1.18 bits per heavy atom. The molecule has 2 aromatic carbocycles. The van der Waals surface area contributed by atoms with Gasteiger partial charge in [0, 0.05) is 43.6 Å². The molecule has 0 atom stereocenters. The van der Waals surface area contributed by atoms with Gasteiger partial charge in [-0.1, -0.05) is 30.4 Å². The smallest absolute Gasteiger partial charge is 0.323 e. The van der Waals surface area contributed by atoms with Gasteiger partial charge in [0.1, 0.15) is 11.9 Å². The summed E-state index contributed by atoms with van der Waals surface area (Å²) in [6.07, 6.45) is 3.47. The Labute approximate surface area is 232 Å². The summed E-state index contributed by atoms with van der Waals surface area (Å²) in [4.78, 5) is 13.8. The van der Waals surface area contributed by atoms with Crippen LogP contribution in [0.2, 0.25) is 0 Å². The SMILES string of the molecule is CCOC(=O)CS(=O)(=O)N(C/C=C/c1cccc(C(=N)N)c1)c1cc(F)c(OC2CCN(C(C)=N)CC2)c(F)c1. The van der Waals surface area contributed by atoms with Crippen LogP contribution in [-0.2, 0) is 19.6 Å². The van der Waals surface area contributed by atoms with E-state index in [0.29, 0.717) is 42.9 Å². The van der Waals surface area contributed by atoms with Crippen molar-refractivity contribution in [1.29, 1.82) is 10.8 Å². The number of nitrogens with two attached hydrogens (primary N) is 1. The number of ether oxygens (including phenoxy) is 2. The van der Waals surface area contributed by atoms with Crippen molar-refractivity contribution < 1.29 is 31.5 Å². The number of hydrogen-bond acceptors (Lipinski definition) is 7. The summed E-state index contributed by atoms with van der Waals surface area (Å²) in [6, 6.07) is 8.34. The van der Waals surface area contributed by atoms with Crippen LogP contribution in [0.15, 0.2) is 42.5 Å². The number of hydrogen-bond donors (Lipinski definition) is 3. The molecule has 2 aromatic rings. The van der Waals surface area contributed by atoms with Crippen LogP contribution in [0.25, 0.3) is 6.08 Å². The molecule has 13 heteroatoms. The highest BCUT2D eigenvalue weighted by Crippen LogP contribution is 2.31. The van der Waals surface area contributed by atoms with Gasteiger partial charge in [0.15, 0.2) is 23.1 Å². The molecule has 3 rings (SSSR count). The van der Waals surface area contributed by atoms with Crippen LogP contribution in [0.1, 0.15) is 37.8 Å². The van der Waals surface area contributed by atoms with E-state index < -0.39 is 45.2 Å². The molecule has 0 unspecified atom stereocenters. The zero-order valence-corrected chi connectivity index (χ0v) is 23.1. The van der Waals surface area contributed by atoms with Crippen molar-refractivity contribution in [3.05, 3.63) is 65.2 Å². The first-order valence-electron chi connectivity index (χ1n) is 12.6. The number of nitrogens with one attached hydrogen (secondary N) is 2. The Kier molecular flexibility index (Phi) is 10.2. The monoisotopic (exact) mass is 577 g/mol. The van der Waals surface area contributed by atoms with E-state index in [4.69, 9.17) is 26.0 Å². The van der Waals surface area contributed by atoms with Crippen LogP contribution in [0.4, 0.5) is 14.5 Å². The largest absolute Gasteiger partial charge is 0.484 e. The molecule has 0 radical (unpaired) electrons. The van der Waals surface area contributed by atoms with Crippen molar-refractivity contribution in [2.24, 2.45) is 5.73 Å². The summed E-state index contributed by atoms with van der Waals surface area (Å²) in [5.74, 6) is -4.56. The molecule has 10 nitrogen and oxygen atoms in total. The number of nitrogens with zero attached hydrogens (tertiary/aromatic N) is 2. The first-order chi connectivity index (χ1) is 18.9. The number of sulfonamides is 1. The van der Waals surface area contributed by atoms with Crippen LogP contribution >= 0.6 is 0 Å². The van der Waals surface area contributed by atoms with E-state index >= 15 is 8.78 Å². The van der Waals surface area contributed by atoms with Gasteiger partial charge in [-0.15, -0.1) is 0 Å². The molecule has 4 N–H and O–H groups in total. The van der Waals surface area contributed by atoms with Crippen LogP contribution in [0.5, 0.6) is 5.75 Å². The van der Waals surface area contributed by atoms with Crippen molar-refractivity contribution in [1.82, 2.24) is 4.90 Å². The highest BCUT2D eigenvalue weighted by atomic mass is 32.2. The molecule has 0 spiro atoms. The number of likely N-dealkylation sites (tertiary alicyclic amines) is 1. The van der Waals surface area contributed by atoms with Crippen molar-refractivity contribution >= 4 is 39.4 Å². The normalized spacial score (nSPS) is 14.2. The minimum atomic E-state index is -4.41. The number of nitrogen functional groups attached to an aromatic ring is 1. The van der Waals surface area contributed by atoms with Crippen molar-refractivity contribution in [3.63, 3.8) is 0 Å². The number of piperidine rings is 1. The standard InChI is InChI=1S/C27H33F2N5O5S/c1-3-38-25(35)17-40(36,37)34(11-5-7-19-6-4-8-20(14-19)27(31)32)21-15-23(28)26(24(29)16-21)39-22-9-12-33(13-10-22)18(2)30/h4-8,14-16,22,30H,3,9-13,17H2,1-2H3,(H3,31,32)/b7-5+,30-18?. The first-order valence-corrected chi connectivity index (χ1v) is 14.2. The maximum Gasteiger partial charge on any atom is 0.323 e. The summed E-state index contributed by atoms with van der Waals surface area (Å²) in [7, 11) is -4.41. The van der Waals surface area contributed by atoms with E-state index in [1.807, 2.05) is 4.90 Å². The highest BCUT2D eigenvalue weighted by molar-refractivity contribution is 7.93. The molecule has 0 aliphatic carbocycles. The summed E-state index contributed by atoms with van der Waals surface area (Å²) in [6.45, 7) is 3.84. The molecular weight excluding hydrogens is 544 g/mol. The number of amidine groups is 2. The van der Waals surface area contributed by atoms with Crippen LogP contribution < -0.4 is 14.8 Å². The minimum Gasteiger partial charge on any atom is -0.484 e. The molecule has 1 fully saturated rings. The molecule has 0 saturated carbocycles. The molecule has 0 amide bonds. The molecule has 1 heterocycles. The molecule has 40 heavy (non-hydrogen) atoms. The third-order valence-electron chi connectivity index (χ3n) is 6.19. The number of anilines is 1. The van der Waals surface area contributed by atoms with Crippen LogP contribution in [-0.4, -0.2) is 69.1 Å². The van der Waals surface area contributed by atoms with Gasteiger partial charge in [0.2, 0.25) is 10.0 Å². The van der Waals surface area contributed by atoms with E-state index in [-0.39, 0.29) is 24.7 Å². The predicted octanol–water partition coefficient (Wildman–Crippen LogP) is 3.50. The number of esters is 1. The van der Waals surface area contributed by atoms with Crippen LogP contribution in [0, 0.1) is 22.5 Å². The topological polar surface area (TPSA) is 150 Å². The Balaban J connectivity index is 1.87. The Morgan fingerprint density at radius 2 is 1.82 bits per heavy atom. The second-order valence-corrected chi connectivity index (χ2v) is 11.1. The number of benzene rings is 2. The van der Waals surface area contributed by atoms with E-state index in [9.17, 15) is 13.2 Å². The summed E-state index contributed by atoms with van der Waals surface area (Å²) >= 11 is 0. The lowest BCUT2D eigenvalue weighted by molar-refractivity contribution is -0.139. The third kappa shape index (κ3) is 8.01. The average molecular weight is 578 g/mol. The van der Waals surface area contributed by atoms with Gasteiger partial charge in [0.25, 0.3) is 0 Å². The predicted molar refractivity (Wildman–Crippen MR) is 149 cm³/mol. The maximum absolute atomic E-state index is 15.1. The molecule has 0 bridgehead atoms. The Morgan fingerprint density at radius 3 is 2.40 bits per heavy atom. The fraction of sp³-hybridized carbons (Fsp3) is 0.370. The number of carbonyl (C=O) groups is 1. The molecule has 0 aromatic heterocycles. The number of rotatable bonds is 11. The number of carbonyl (C=O) groups excluding carboxylic acids is 1. The molecule has 1 aliphatic heterocycles. The Hall–Kier alpha value is -4.00. The van der Waals surface area contributed by atoms with E-state index in [0.717, 1.165) is 16.4 Å². The maximum atomic E-state index is 15.1. The fourth-order valence-electron chi connectivity index (χ4n) is 4.18. The molecule has 216 valence electrons. The van der Waals surface area contributed by atoms with E-state index in [1.165, 1.54) is 13.0 Å². The van der Waals surface area contributed by atoms with Crippen LogP contribution in [0.3, 0.4) is 0 Å². The van der Waals surface area contributed by atoms with E-state index in [2.05, 4.69) is 0 Å². The third-order valence-corrected chi connectivity index (χ3v) is 7.82. The average Bonchev–Trinajstić information content (AvgIpc) is 2.88. The summed E-state index contributed by atoms with van der Waals surface area (Å²) in [5, 5.41) is 15.3. The lowest BCUT2D eigenvalue weighted by Crippen LogP contribution is -2.40. The number of halogens is 2. The zero-order valence-electron chi connectivity index (χ0n) is 22.3. The van der Waals surface area contributed by atoms with Gasteiger partial charge in [-0.2, -0.15) is 0 Å². The van der Waals surface area contributed by atoms with E-state index in [1.54, 1.807) is 37.3 Å². The van der Waals surface area contributed by atoms with Gasteiger partial charge in [-0.25, -0.2) is 17.2 Å². The fourth-order valence-corrected chi connectivity index (χ4v) is 5.46. The molecule has 1 saturated heterocycles. The van der Waals surface area contributed by atoms with Gasteiger partial charge >= 0.3 is 5.97 Å². The van der Waals surface area contributed by atoms with Gasteiger partial charge in [-0.05, 0) is 25.5 Å². The summed E-state index contributed by atoms with van der Waals surface area (Å²) in [5.41, 5.74) is 6.26. The second kappa shape index (κ2) is 13.4. The quantitative estimate of drug-likeness (QED) is 0.210. The summed E-state index contributed by atoms with van der Waals surface area (Å²) < 4.78 is 67.7. The lowest BCUT2D eigenvalue weighted by Gasteiger charge is -2.33. The van der Waals surface area contributed by atoms with Crippen molar-refractivity contribution in [2.75, 3.05) is 36.3 Å². The second-order valence-electron chi connectivity index (χ2n) is 9.16.